The monoisotopic (exact) mass is 327 g/mol. The van der Waals surface area contributed by atoms with Gasteiger partial charge >= 0.3 is 0 Å². The molecule has 1 aliphatic carbocycles. The normalized spacial score (nSPS) is 17.3. The maximum atomic E-state index is 12.5. The Hall–Kier alpha value is -0.680. The van der Waals surface area contributed by atoms with E-state index in [4.69, 9.17) is 5.73 Å². The minimum Gasteiger partial charge on any atom is -0.329 e. The minimum absolute atomic E-state index is 0.255. The van der Waals surface area contributed by atoms with Crippen LogP contribution in [0.3, 0.4) is 0 Å². The van der Waals surface area contributed by atoms with Crippen LogP contribution in [0, 0.1) is 5.41 Å². The number of nitrogens with two attached hydrogens (primary N) is 1. The number of aromatic nitrogens is 2. The first-order valence-electron chi connectivity index (χ1n) is 7.05. The number of nitrogens with zero attached hydrogens (tertiary/aromatic N) is 2. The Bertz CT molecular complexity index is 472. The molecule has 2 N–H and O–H groups in total. The highest BCUT2D eigenvalue weighted by atomic mass is 79.9. The summed E-state index contributed by atoms with van der Waals surface area (Å²) in [6.07, 6.45) is 4.33. The van der Waals surface area contributed by atoms with E-state index in [1.807, 2.05) is 4.68 Å². The molecule has 1 aliphatic rings. The van der Waals surface area contributed by atoms with Crippen molar-refractivity contribution in [1.29, 1.82) is 0 Å². The number of hydrogen-bond acceptors (Lipinski definition) is 3. The van der Waals surface area contributed by atoms with Crippen LogP contribution in [-0.4, -0.2) is 22.1 Å². The van der Waals surface area contributed by atoms with Crippen molar-refractivity contribution in [2.75, 3.05) is 6.54 Å². The fraction of sp³-hybridized carbons (Fsp3) is 0.714. The van der Waals surface area contributed by atoms with E-state index in [9.17, 15) is 4.79 Å². The number of carbonyl (C=O) groups excluding carboxylic acids is 1. The Kier molecular flexibility index (Phi) is 4.46. The lowest BCUT2D eigenvalue weighted by Gasteiger charge is -2.39. The lowest BCUT2D eigenvalue weighted by Crippen LogP contribution is -2.45. The quantitative estimate of drug-likeness (QED) is 0.873. The lowest BCUT2D eigenvalue weighted by molar-refractivity contribution is -0.132. The average molecular weight is 328 g/mol. The molecule has 19 heavy (non-hydrogen) atoms. The van der Waals surface area contributed by atoms with E-state index in [-0.39, 0.29) is 11.2 Å². The van der Waals surface area contributed by atoms with E-state index < -0.39 is 0 Å². The summed E-state index contributed by atoms with van der Waals surface area (Å²) in [4.78, 5) is 12.5. The van der Waals surface area contributed by atoms with Crippen molar-refractivity contribution >= 4 is 21.7 Å². The highest BCUT2D eigenvalue weighted by molar-refractivity contribution is 9.10. The molecule has 0 radical (unpaired) electrons. The van der Waals surface area contributed by atoms with E-state index >= 15 is 0 Å². The van der Waals surface area contributed by atoms with Crippen molar-refractivity contribution < 1.29 is 4.79 Å². The summed E-state index contributed by atoms with van der Waals surface area (Å²) in [5.41, 5.74) is 7.58. The van der Waals surface area contributed by atoms with Crippen LogP contribution in [0.15, 0.2) is 4.47 Å². The number of Topliss-reactive ketones (excluding diaryl/α,β-unsaturated/α-hetero) is 1. The molecule has 0 unspecified atom stereocenters. The summed E-state index contributed by atoms with van der Waals surface area (Å²) in [7, 11) is 0. The third kappa shape index (κ3) is 2.50. The Morgan fingerprint density at radius 1 is 1.47 bits per heavy atom. The Labute approximate surface area is 122 Å². The van der Waals surface area contributed by atoms with Gasteiger partial charge < -0.3 is 5.73 Å². The topological polar surface area (TPSA) is 60.9 Å². The standard InChI is InChI=1S/C14H22BrN3O/c1-3-10-13(15)11(18(4-2)17-10)8-12(19)14(9-16)6-5-7-14/h3-9,16H2,1-2H3. The SMILES string of the molecule is CCc1nn(CC)c(CC(=O)C2(CN)CCC2)c1Br. The third-order valence-electron chi connectivity index (χ3n) is 4.32. The highest BCUT2D eigenvalue weighted by Gasteiger charge is 2.42. The predicted octanol–water partition coefficient (Wildman–Crippen LogP) is 2.47. The number of ketones is 1. The summed E-state index contributed by atoms with van der Waals surface area (Å²) in [6.45, 7) is 5.39. The molecule has 0 saturated heterocycles. The fourth-order valence-corrected chi connectivity index (χ4v) is 3.43. The molecule has 1 aromatic heterocycles. The molecule has 0 atom stereocenters. The largest absolute Gasteiger partial charge is 0.329 e. The smallest absolute Gasteiger partial charge is 0.146 e. The van der Waals surface area contributed by atoms with Crippen LogP contribution in [0.25, 0.3) is 0 Å². The molecule has 5 heteroatoms. The summed E-state index contributed by atoms with van der Waals surface area (Å²) >= 11 is 3.59. The molecule has 1 saturated carbocycles. The van der Waals surface area contributed by atoms with Gasteiger partial charge in [0.15, 0.2) is 0 Å². The maximum absolute atomic E-state index is 12.5. The van der Waals surface area contributed by atoms with Crippen LogP contribution in [-0.2, 0) is 24.2 Å². The second-order valence-electron chi connectivity index (χ2n) is 5.31. The molecular formula is C14H22BrN3O. The Morgan fingerprint density at radius 2 is 2.16 bits per heavy atom. The molecule has 0 spiro atoms. The second-order valence-corrected chi connectivity index (χ2v) is 6.11. The van der Waals surface area contributed by atoms with Crippen molar-refractivity contribution in [3.8, 4) is 0 Å². The molecule has 4 nitrogen and oxygen atoms in total. The van der Waals surface area contributed by atoms with Gasteiger partial charge in [0, 0.05) is 18.5 Å². The molecule has 1 heterocycles. The summed E-state index contributed by atoms with van der Waals surface area (Å²) < 4.78 is 2.93. The fourth-order valence-electron chi connectivity index (χ4n) is 2.73. The van der Waals surface area contributed by atoms with Gasteiger partial charge in [-0.1, -0.05) is 13.3 Å². The molecular weight excluding hydrogens is 306 g/mol. The molecule has 0 aliphatic heterocycles. The van der Waals surface area contributed by atoms with E-state index in [0.717, 1.165) is 48.1 Å². The van der Waals surface area contributed by atoms with E-state index in [1.165, 1.54) is 0 Å². The average Bonchev–Trinajstić information content (AvgIpc) is 2.65. The molecule has 106 valence electrons. The molecule has 1 fully saturated rings. The van der Waals surface area contributed by atoms with Gasteiger partial charge in [0.05, 0.1) is 22.3 Å². The first-order valence-corrected chi connectivity index (χ1v) is 7.84. The lowest BCUT2D eigenvalue weighted by atomic mass is 9.65. The zero-order chi connectivity index (χ0) is 14.0. The van der Waals surface area contributed by atoms with Crippen LogP contribution in [0.2, 0.25) is 0 Å². The molecule has 0 amide bonds. The van der Waals surface area contributed by atoms with Crippen molar-refractivity contribution in [2.45, 2.75) is 52.5 Å². The van der Waals surface area contributed by atoms with Gasteiger partial charge in [-0.2, -0.15) is 5.10 Å². The summed E-state index contributed by atoms with van der Waals surface area (Å²) in [6, 6.07) is 0. The zero-order valence-electron chi connectivity index (χ0n) is 11.7. The number of aryl methyl sites for hydroxylation is 2. The van der Waals surface area contributed by atoms with Gasteiger partial charge in [-0.15, -0.1) is 0 Å². The van der Waals surface area contributed by atoms with E-state index in [2.05, 4.69) is 34.9 Å². The summed E-state index contributed by atoms with van der Waals surface area (Å²) in [5.74, 6) is 0.277. The van der Waals surface area contributed by atoms with Gasteiger partial charge in [-0.05, 0) is 42.1 Å². The van der Waals surface area contributed by atoms with Crippen molar-refractivity contribution in [3.05, 3.63) is 15.9 Å². The van der Waals surface area contributed by atoms with E-state index in [1.54, 1.807) is 0 Å². The van der Waals surface area contributed by atoms with Crippen LogP contribution < -0.4 is 5.73 Å². The van der Waals surface area contributed by atoms with Crippen LogP contribution in [0.5, 0.6) is 0 Å². The zero-order valence-corrected chi connectivity index (χ0v) is 13.3. The van der Waals surface area contributed by atoms with Gasteiger partial charge in [0.1, 0.15) is 5.78 Å². The van der Waals surface area contributed by atoms with Crippen LogP contribution >= 0.6 is 15.9 Å². The predicted molar refractivity (Wildman–Crippen MR) is 79.0 cm³/mol. The number of rotatable bonds is 6. The molecule has 0 bridgehead atoms. The first kappa shape index (κ1) is 14.7. The minimum atomic E-state index is -0.255. The molecule has 1 aromatic rings. The third-order valence-corrected chi connectivity index (χ3v) is 5.23. The first-order chi connectivity index (χ1) is 9.07. The van der Waals surface area contributed by atoms with Crippen molar-refractivity contribution in [1.82, 2.24) is 9.78 Å². The van der Waals surface area contributed by atoms with Crippen molar-refractivity contribution in [2.24, 2.45) is 11.1 Å². The Balaban J connectivity index is 2.23. The van der Waals surface area contributed by atoms with Gasteiger partial charge in [0.25, 0.3) is 0 Å². The van der Waals surface area contributed by atoms with Gasteiger partial charge in [0.2, 0.25) is 0 Å². The molecule has 2 rings (SSSR count). The second kappa shape index (κ2) is 5.75. The van der Waals surface area contributed by atoms with Crippen LogP contribution in [0.4, 0.5) is 0 Å². The highest BCUT2D eigenvalue weighted by Crippen LogP contribution is 2.42. The van der Waals surface area contributed by atoms with Crippen LogP contribution in [0.1, 0.15) is 44.5 Å². The maximum Gasteiger partial charge on any atom is 0.146 e. The van der Waals surface area contributed by atoms with Crippen molar-refractivity contribution in [3.63, 3.8) is 0 Å². The summed E-state index contributed by atoms with van der Waals surface area (Å²) in [5, 5.41) is 4.54. The molecule has 0 aromatic carbocycles. The number of halogens is 1. The Morgan fingerprint density at radius 3 is 2.58 bits per heavy atom. The number of hydrogen-bond donors (Lipinski definition) is 1. The van der Waals surface area contributed by atoms with E-state index in [0.29, 0.717) is 13.0 Å². The van der Waals surface area contributed by atoms with Gasteiger partial charge in [-0.25, -0.2) is 0 Å². The number of carbonyl (C=O) groups is 1. The van der Waals surface area contributed by atoms with Gasteiger partial charge in [-0.3, -0.25) is 9.48 Å².